The molecule has 0 aromatic carbocycles. The Hall–Kier alpha value is 2.89. The maximum atomic E-state index is 0. The fourth-order valence-electron chi connectivity index (χ4n) is 0. The van der Waals surface area contributed by atoms with E-state index >= 15 is 0 Å². The van der Waals surface area contributed by atoms with Crippen molar-refractivity contribution in [2.45, 2.75) is 0 Å². The van der Waals surface area contributed by atoms with Crippen LogP contribution < -0.4 is 0 Å². The van der Waals surface area contributed by atoms with Crippen LogP contribution in [0, 0.1) is 0 Å². The van der Waals surface area contributed by atoms with Crippen LogP contribution in [0.1, 0.15) is 0 Å². The van der Waals surface area contributed by atoms with Gasteiger partial charge in [0.15, 0.2) is 0 Å². The average Bonchev–Trinajstić information content (AvgIpc) is 0. The first-order chi connectivity index (χ1) is 0. The minimum Gasteiger partial charge on any atom is -0.0149 e. The van der Waals surface area contributed by atoms with Crippen LogP contribution >= 0.6 is 0 Å². The van der Waals surface area contributed by atoms with Gasteiger partial charge >= 0.3 is 48.9 Å². The van der Waals surface area contributed by atoms with Gasteiger partial charge < -0.3 is 0 Å². The van der Waals surface area contributed by atoms with Crippen LogP contribution in [0.25, 0.3) is 0 Å². The van der Waals surface area contributed by atoms with Crippen LogP contribution in [-0.4, -0.2) is 59.8 Å². The second-order valence-corrected chi connectivity index (χ2v) is 0. The molecule has 0 atom stereocenters. The quantitative estimate of drug-likeness (QED) is 0.435. The number of hydrogen-bond donors (Lipinski definition) is 0. The summed E-state index contributed by atoms with van der Waals surface area (Å²) in [5.74, 6) is 0. The molecule has 0 nitrogen and oxygen atoms in total. The van der Waals surface area contributed by atoms with Crippen molar-refractivity contribution in [3.63, 3.8) is 0 Å². The molecule has 0 saturated carbocycles. The third-order valence-corrected chi connectivity index (χ3v) is 0. The summed E-state index contributed by atoms with van der Waals surface area (Å²) in [6.45, 7) is 0. The van der Waals surface area contributed by atoms with Crippen LogP contribution in [0.2, 0.25) is 0 Å². The first-order valence-electron chi connectivity index (χ1n) is 0. The van der Waals surface area contributed by atoms with Gasteiger partial charge in [-0.2, -0.15) is 0 Å². The molecule has 0 bridgehead atoms. The third kappa shape index (κ3) is 8.86. The second kappa shape index (κ2) is 16.9. The van der Waals surface area contributed by atoms with Crippen molar-refractivity contribution in [1.82, 2.24) is 0 Å². The summed E-state index contributed by atoms with van der Waals surface area (Å²) >= 11 is 0. The van der Waals surface area contributed by atoms with E-state index in [1.54, 1.807) is 0 Å². The SMILES string of the molecule is [BaH2].[Fe].[SiH4].[V]. The van der Waals surface area contributed by atoms with Gasteiger partial charge in [0.2, 0.25) is 0 Å². The molecule has 4 heavy (non-hydrogen) atoms. The summed E-state index contributed by atoms with van der Waals surface area (Å²) in [5, 5.41) is 0. The van der Waals surface area contributed by atoms with Gasteiger partial charge in [0.25, 0.3) is 0 Å². The second-order valence-electron chi connectivity index (χ2n) is 0. The molecule has 0 aliphatic rings. The summed E-state index contributed by atoms with van der Waals surface area (Å²) in [7, 11) is 0. The van der Waals surface area contributed by atoms with Crippen LogP contribution in [0.5, 0.6) is 0 Å². The standard InChI is InChI=1S/Ba.Fe.H4Si.V.2H/h;;1H4;;;. The molecule has 0 saturated heterocycles. The molecular weight excluding hydrogens is 272 g/mol. The fourth-order valence-corrected chi connectivity index (χ4v) is 0. The Morgan fingerprint density at radius 3 is 1.00 bits per heavy atom. The minimum absolute atomic E-state index is 0. The molecule has 0 spiro atoms. The number of hydrogen-bond acceptors (Lipinski definition) is 0. The Bertz CT molecular complexity index is 8.00. The Balaban J connectivity index is 0. The average molecular weight is 278 g/mol. The largest absolute Gasteiger partial charge is 0.0149 e. The van der Waals surface area contributed by atoms with Crippen LogP contribution in [0.4, 0.5) is 0 Å². The van der Waals surface area contributed by atoms with Crippen LogP contribution in [0.15, 0.2) is 0 Å². The Morgan fingerprint density at radius 1 is 1.00 bits per heavy atom. The van der Waals surface area contributed by atoms with Gasteiger partial charge in [-0.3, -0.25) is 0 Å². The van der Waals surface area contributed by atoms with Gasteiger partial charge in [-0.15, -0.1) is 0 Å². The molecule has 0 heterocycles. The van der Waals surface area contributed by atoms with E-state index in [1.807, 2.05) is 0 Å². The van der Waals surface area contributed by atoms with E-state index in [1.165, 1.54) is 0 Å². The Kier molecular flexibility index (Phi) is 121. The molecule has 0 fully saturated rings. The maximum Gasteiger partial charge on any atom is 0 e. The molecular formula is H6BaFeSiV. The molecule has 0 rings (SSSR count). The van der Waals surface area contributed by atoms with Crippen molar-refractivity contribution >= 4 is 59.8 Å². The topological polar surface area (TPSA) is 0 Å². The smallest absolute Gasteiger partial charge is 0 e. The predicted molar refractivity (Wildman–Crippen MR) is 19.9 cm³/mol. The van der Waals surface area contributed by atoms with Crippen molar-refractivity contribution < 1.29 is 35.6 Å². The first-order valence-corrected chi connectivity index (χ1v) is 0. The summed E-state index contributed by atoms with van der Waals surface area (Å²) < 4.78 is 0. The van der Waals surface area contributed by atoms with Gasteiger partial charge in [-0.05, 0) is 11.0 Å². The normalized spacial score (nSPS) is 0. The number of rotatable bonds is 0. The van der Waals surface area contributed by atoms with Gasteiger partial charge in [-0.25, -0.2) is 0 Å². The molecule has 0 aromatic heterocycles. The fraction of sp³-hybridized carbons (Fsp3) is 0. The zero-order valence-electron chi connectivity index (χ0n) is 0.801. The van der Waals surface area contributed by atoms with Crippen molar-refractivity contribution in [2.24, 2.45) is 0 Å². The van der Waals surface area contributed by atoms with E-state index in [4.69, 9.17) is 0 Å². The summed E-state index contributed by atoms with van der Waals surface area (Å²) in [5.41, 5.74) is 0. The van der Waals surface area contributed by atoms with E-state index in [2.05, 4.69) is 0 Å². The summed E-state index contributed by atoms with van der Waals surface area (Å²) in [6, 6.07) is 0. The van der Waals surface area contributed by atoms with Gasteiger partial charge in [-0.1, -0.05) is 0 Å². The maximum absolute atomic E-state index is 0. The Morgan fingerprint density at radius 2 is 1.00 bits per heavy atom. The molecule has 0 unspecified atom stereocenters. The van der Waals surface area contributed by atoms with E-state index in [9.17, 15) is 0 Å². The van der Waals surface area contributed by atoms with E-state index < -0.39 is 0 Å². The molecule has 0 aliphatic carbocycles. The van der Waals surface area contributed by atoms with Crippen molar-refractivity contribution in [1.29, 1.82) is 0 Å². The summed E-state index contributed by atoms with van der Waals surface area (Å²) in [6.07, 6.45) is 0. The predicted octanol–water partition coefficient (Wildman–Crippen LogP) is -2.37. The first kappa shape index (κ1) is 28.6. The van der Waals surface area contributed by atoms with Gasteiger partial charge in [0, 0.05) is 35.6 Å². The molecule has 4 heteroatoms. The molecule has 0 aliphatic heterocycles. The van der Waals surface area contributed by atoms with Crippen molar-refractivity contribution in [3.05, 3.63) is 0 Å². The third-order valence-electron chi connectivity index (χ3n) is 0. The molecule has 1 radical (unpaired) electrons. The van der Waals surface area contributed by atoms with E-state index in [0.29, 0.717) is 0 Å². The van der Waals surface area contributed by atoms with Crippen LogP contribution in [-0.2, 0) is 35.6 Å². The molecule has 0 aromatic rings. The van der Waals surface area contributed by atoms with Gasteiger partial charge in [0.05, 0.1) is 0 Å². The van der Waals surface area contributed by atoms with Crippen molar-refractivity contribution in [2.75, 3.05) is 0 Å². The van der Waals surface area contributed by atoms with Crippen molar-refractivity contribution in [3.8, 4) is 0 Å². The van der Waals surface area contributed by atoms with E-state index in [0.717, 1.165) is 0 Å². The molecule has 0 amide bonds. The van der Waals surface area contributed by atoms with Crippen LogP contribution in [0.3, 0.4) is 0 Å². The monoisotopic (exact) mass is 279 g/mol. The van der Waals surface area contributed by atoms with Gasteiger partial charge in [0.1, 0.15) is 0 Å². The zero-order chi connectivity index (χ0) is 0. The molecule has 25 valence electrons. The molecule has 0 N–H and O–H groups in total. The summed E-state index contributed by atoms with van der Waals surface area (Å²) in [4.78, 5) is 0. The Labute approximate surface area is 93.3 Å². The zero-order valence-corrected chi connectivity index (χ0v) is 3.30. The van der Waals surface area contributed by atoms with E-state index in [-0.39, 0.29) is 95.5 Å². The minimum atomic E-state index is 0.